The van der Waals surface area contributed by atoms with Crippen molar-refractivity contribution < 1.29 is 29.0 Å². The van der Waals surface area contributed by atoms with Gasteiger partial charge in [-0.25, -0.2) is 4.79 Å². The SMILES string of the molecule is CCC(CC)CCCCCCCOC(=O)CCCCCNC(=O)O.CCC(CC)CCCCCCCOC(=O)CCCCN. The van der Waals surface area contributed by atoms with Gasteiger partial charge in [0.2, 0.25) is 0 Å². The minimum atomic E-state index is -0.995. The Morgan fingerprint density at radius 3 is 1.36 bits per heavy atom. The van der Waals surface area contributed by atoms with Crippen LogP contribution in [-0.4, -0.2) is 49.4 Å². The fourth-order valence-electron chi connectivity index (χ4n) is 5.22. The van der Waals surface area contributed by atoms with E-state index in [1.54, 1.807) is 0 Å². The number of carbonyl (C=O) groups excluding carboxylic acids is 2. The number of amides is 1. The van der Waals surface area contributed by atoms with Gasteiger partial charge in [0.05, 0.1) is 13.2 Å². The number of rotatable bonds is 30. The third-order valence-corrected chi connectivity index (χ3v) is 8.52. The van der Waals surface area contributed by atoms with Crippen LogP contribution in [0.4, 0.5) is 4.79 Å². The molecule has 0 aromatic carbocycles. The van der Waals surface area contributed by atoms with Crippen LogP contribution in [0, 0.1) is 11.8 Å². The normalized spacial score (nSPS) is 10.9. The first kappa shape index (κ1) is 44.3. The minimum absolute atomic E-state index is 0.0628. The molecule has 8 heteroatoms. The molecule has 0 heterocycles. The van der Waals surface area contributed by atoms with Crippen molar-refractivity contribution in [2.75, 3.05) is 26.3 Å². The van der Waals surface area contributed by atoms with Gasteiger partial charge in [0.25, 0.3) is 0 Å². The average molecular weight is 629 g/mol. The molecule has 0 aliphatic carbocycles. The Morgan fingerprint density at radius 1 is 0.568 bits per heavy atom. The number of unbranched alkanes of at least 4 members (excludes halogenated alkanes) is 11. The molecular formula is C36H72N2O6. The van der Waals surface area contributed by atoms with Crippen LogP contribution in [-0.2, 0) is 19.1 Å². The second-order valence-electron chi connectivity index (χ2n) is 12.2. The van der Waals surface area contributed by atoms with Crippen LogP contribution in [0.2, 0.25) is 0 Å². The molecule has 0 atom stereocenters. The smallest absolute Gasteiger partial charge is 0.404 e. The maximum atomic E-state index is 11.5. The van der Waals surface area contributed by atoms with Gasteiger partial charge in [-0.05, 0) is 56.9 Å². The van der Waals surface area contributed by atoms with Crippen LogP contribution in [0.15, 0.2) is 0 Å². The number of hydrogen-bond acceptors (Lipinski definition) is 6. The van der Waals surface area contributed by atoms with E-state index in [4.69, 9.17) is 20.3 Å². The monoisotopic (exact) mass is 629 g/mol. The average Bonchev–Trinajstić information content (AvgIpc) is 3.01. The molecule has 1 amide bonds. The fraction of sp³-hybridized carbons (Fsp3) is 0.917. The van der Waals surface area contributed by atoms with Crippen LogP contribution < -0.4 is 11.1 Å². The van der Waals surface area contributed by atoms with E-state index >= 15 is 0 Å². The van der Waals surface area contributed by atoms with Crippen LogP contribution in [0.25, 0.3) is 0 Å². The molecule has 44 heavy (non-hydrogen) atoms. The second-order valence-corrected chi connectivity index (χ2v) is 12.2. The third-order valence-electron chi connectivity index (χ3n) is 8.52. The maximum Gasteiger partial charge on any atom is 0.404 e. The van der Waals surface area contributed by atoms with Crippen molar-refractivity contribution in [2.45, 2.75) is 175 Å². The summed E-state index contributed by atoms with van der Waals surface area (Å²) in [5, 5.41) is 10.7. The van der Waals surface area contributed by atoms with Gasteiger partial charge in [-0.2, -0.15) is 0 Å². The van der Waals surface area contributed by atoms with Crippen molar-refractivity contribution >= 4 is 18.0 Å². The van der Waals surface area contributed by atoms with Gasteiger partial charge in [-0.3, -0.25) is 9.59 Å². The molecule has 0 saturated carbocycles. The van der Waals surface area contributed by atoms with E-state index in [-0.39, 0.29) is 11.9 Å². The summed E-state index contributed by atoms with van der Waals surface area (Å²) >= 11 is 0. The van der Waals surface area contributed by atoms with Gasteiger partial charge in [0.15, 0.2) is 0 Å². The Balaban J connectivity index is 0. The molecule has 0 saturated heterocycles. The Morgan fingerprint density at radius 2 is 0.955 bits per heavy atom. The van der Waals surface area contributed by atoms with Gasteiger partial charge in [-0.15, -0.1) is 0 Å². The quantitative estimate of drug-likeness (QED) is 0.0534. The van der Waals surface area contributed by atoms with Crippen molar-refractivity contribution in [3.8, 4) is 0 Å². The summed E-state index contributed by atoms with van der Waals surface area (Å²) in [4.78, 5) is 33.1. The van der Waals surface area contributed by atoms with Gasteiger partial charge < -0.3 is 25.6 Å². The fourth-order valence-corrected chi connectivity index (χ4v) is 5.22. The van der Waals surface area contributed by atoms with E-state index in [2.05, 4.69) is 33.0 Å². The lowest BCUT2D eigenvalue weighted by Gasteiger charge is -2.11. The lowest BCUT2D eigenvalue weighted by atomic mass is 9.96. The van der Waals surface area contributed by atoms with E-state index in [0.29, 0.717) is 39.1 Å². The molecule has 262 valence electrons. The molecule has 0 bridgehead atoms. The summed E-state index contributed by atoms with van der Waals surface area (Å²) in [7, 11) is 0. The Kier molecular flexibility index (Phi) is 35.9. The van der Waals surface area contributed by atoms with Crippen LogP contribution in [0.1, 0.15) is 175 Å². The highest BCUT2D eigenvalue weighted by Crippen LogP contribution is 2.18. The predicted octanol–water partition coefficient (Wildman–Crippen LogP) is 9.57. The Bertz CT molecular complexity index is 638. The van der Waals surface area contributed by atoms with Crippen molar-refractivity contribution in [3.63, 3.8) is 0 Å². The first-order valence-corrected chi connectivity index (χ1v) is 18.3. The number of esters is 2. The third kappa shape index (κ3) is 34.7. The predicted molar refractivity (Wildman–Crippen MR) is 183 cm³/mol. The highest BCUT2D eigenvalue weighted by Gasteiger charge is 2.05. The largest absolute Gasteiger partial charge is 0.466 e. The molecule has 0 spiro atoms. The summed E-state index contributed by atoms with van der Waals surface area (Å²) in [6, 6.07) is 0. The zero-order valence-electron chi connectivity index (χ0n) is 29.3. The number of ether oxygens (including phenoxy) is 2. The molecule has 0 rings (SSSR count). The first-order valence-electron chi connectivity index (χ1n) is 18.3. The molecule has 0 radical (unpaired) electrons. The zero-order valence-corrected chi connectivity index (χ0v) is 29.3. The standard InChI is InChI=1S/C19H37NO4.C17H35NO2/c1-3-17(4-2)13-9-6-5-7-12-16-24-18(21)14-10-8-11-15-20-19(22)23;1-3-16(4-2)12-8-6-5-7-11-15-20-17(19)13-9-10-14-18/h17,20H,3-16H2,1-2H3,(H,22,23);16H,3-15,18H2,1-2H3. The number of nitrogens with one attached hydrogen (secondary N) is 1. The molecule has 4 N–H and O–H groups in total. The molecule has 0 aliphatic rings. The molecule has 0 aromatic heterocycles. The Labute approximate surface area is 271 Å². The van der Waals surface area contributed by atoms with E-state index in [1.807, 2.05) is 0 Å². The van der Waals surface area contributed by atoms with Crippen molar-refractivity contribution in [1.82, 2.24) is 5.32 Å². The van der Waals surface area contributed by atoms with Gasteiger partial charge in [-0.1, -0.05) is 124 Å². The van der Waals surface area contributed by atoms with Crippen LogP contribution in [0.5, 0.6) is 0 Å². The number of carboxylic acid groups (broad SMARTS) is 1. The van der Waals surface area contributed by atoms with E-state index in [0.717, 1.165) is 63.2 Å². The van der Waals surface area contributed by atoms with E-state index in [1.165, 1.54) is 83.5 Å². The topological polar surface area (TPSA) is 128 Å². The highest BCUT2D eigenvalue weighted by molar-refractivity contribution is 5.69. The first-order chi connectivity index (χ1) is 21.3. The number of nitrogens with two attached hydrogens (primary N) is 1. The zero-order chi connectivity index (χ0) is 33.1. The Hall–Kier alpha value is -1.83. The second kappa shape index (κ2) is 35.6. The summed E-state index contributed by atoms with van der Waals surface area (Å²) in [6.45, 7) is 11.4. The van der Waals surface area contributed by atoms with Crippen LogP contribution >= 0.6 is 0 Å². The summed E-state index contributed by atoms with van der Waals surface area (Å²) in [5.41, 5.74) is 5.38. The van der Waals surface area contributed by atoms with Crippen molar-refractivity contribution in [1.29, 1.82) is 0 Å². The van der Waals surface area contributed by atoms with E-state index < -0.39 is 6.09 Å². The minimum Gasteiger partial charge on any atom is -0.466 e. The van der Waals surface area contributed by atoms with Crippen molar-refractivity contribution in [2.24, 2.45) is 17.6 Å². The molecule has 0 aromatic rings. The highest BCUT2D eigenvalue weighted by atomic mass is 16.5. The van der Waals surface area contributed by atoms with Crippen molar-refractivity contribution in [3.05, 3.63) is 0 Å². The molecular weight excluding hydrogens is 556 g/mol. The summed E-state index contributed by atoms with van der Waals surface area (Å²) in [5.74, 6) is 1.62. The number of carbonyl (C=O) groups is 3. The molecule has 0 fully saturated rings. The molecule has 0 unspecified atom stereocenters. The van der Waals surface area contributed by atoms with Gasteiger partial charge in [0, 0.05) is 19.4 Å². The molecule has 8 nitrogen and oxygen atoms in total. The number of hydrogen-bond donors (Lipinski definition) is 3. The maximum absolute atomic E-state index is 11.5. The lowest BCUT2D eigenvalue weighted by Crippen LogP contribution is -2.21. The van der Waals surface area contributed by atoms with Gasteiger partial charge >= 0.3 is 18.0 Å². The van der Waals surface area contributed by atoms with Gasteiger partial charge in [0.1, 0.15) is 0 Å². The molecule has 0 aliphatic heterocycles. The van der Waals surface area contributed by atoms with E-state index in [9.17, 15) is 14.4 Å². The lowest BCUT2D eigenvalue weighted by molar-refractivity contribution is -0.144. The van der Waals surface area contributed by atoms with Crippen LogP contribution in [0.3, 0.4) is 0 Å². The summed E-state index contributed by atoms with van der Waals surface area (Å²) in [6.07, 6.45) is 24.1. The summed E-state index contributed by atoms with van der Waals surface area (Å²) < 4.78 is 10.4.